The van der Waals surface area contributed by atoms with Crippen LogP contribution < -0.4 is 0 Å². The van der Waals surface area contributed by atoms with Crippen molar-refractivity contribution in [2.75, 3.05) is 5.75 Å². The molecule has 0 unspecified atom stereocenters. The van der Waals surface area contributed by atoms with Crippen LogP contribution in [0.2, 0.25) is 0 Å². The van der Waals surface area contributed by atoms with E-state index in [-0.39, 0.29) is 17.9 Å². The van der Waals surface area contributed by atoms with E-state index in [2.05, 4.69) is 5.92 Å². The van der Waals surface area contributed by atoms with Crippen molar-refractivity contribution < 1.29 is 8.42 Å². The summed E-state index contributed by atoms with van der Waals surface area (Å²) in [5.74, 6) is 2.48. The molecule has 0 heterocycles. The lowest BCUT2D eigenvalue weighted by molar-refractivity contribution is 0.595. The van der Waals surface area contributed by atoms with Crippen molar-refractivity contribution in [3.8, 4) is 12.3 Å². The van der Waals surface area contributed by atoms with Crippen LogP contribution in [0.5, 0.6) is 0 Å². The first kappa shape index (κ1) is 10.8. The fraction of sp³-hybridized carbons (Fsp3) is 0.273. The topological polar surface area (TPSA) is 34.1 Å². The van der Waals surface area contributed by atoms with Crippen molar-refractivity contribution in [3.05, 3.63) is 35.9 Å². The third kappa shape index (κ3) is 3.63. The molecule has 0 radical (unpaired) electrons. The molecule has 0 aliphatic carbocycles. The van der Waals surface area contributed by atoms with Crippen LogP contribution in [0.4, 0.5) is 0 Å². The lowest BCUT2D eigenvalue weighted by Gasteiger charge is -2.01. The molecule has 74 valence electrons. The third-order valence-electron chi connectivity index (χ3n) is 1.79. The quantitative estimate of drug-likeness (QED) is 0.705. The number of benzene rings is 1. The highest BCUT2D eigenvalue weighted by atomic mass is 32.2. The van der Waals surface area contributed by atoms with E-state index in [4.69, 9.17) is 6.42 Å². The molecule has 3 heteroatoms. The van der Waals surface area contributed by atoms with Crippen molar-refractivity contribution in [2.24, 2.45) is 0 Å². The zero-order valence-corrected chi connectivity index (χ0v) is 8.63. The molecule has 0 fully saturated rings. The average Bonchev–Trinajstić information content (AvgIpc) is 2.16. The number of hydrogen-bond donors (Lipinski definition) is 0. The van der Waals surface area contributed by atoms with Crippen LogP contribution in [0.1, 0.15) is 12.0 Å². The molecule has 0 N–H and O–H groups in total. The summed E-state index contributed by atoms with van der Waals surface area (Å²) in [5, 5.41) is 0. The van der Waals surface area contributed by atoms with Gasteiger partial charge >= 0.3 is 0 Å². The number of hydrogen-bond acceptors (Lipinski definition) is 2. The van der Waals surface area contributed by atoms with Crippen molar-refractivity contribution >= 4 is 9.84 Å². The Morgan fingerprint density at radius 3 is 2.43 bits per heavy atom. The SMILES string of the molecule is C#CCCS(=O)(=O)Cc1ccccc1. The molecule has 0 saturated carbocycles. The maximum Gasteiger partial charge on any atom is 0.155 e. The van der Waals surface area contributed by atoms with E-state index in [9.17, 15) is 8.42 Å². The Bertz CT molecular complexity index is 412. The summed E-state index contributed by atoms with van der Waals surface area (Å²) in [7, 11) is -3.04. The molecule has 0 aliphatic rings. The maximum atomic E-state index is 11.5. The zero-order valence-electron chi connectivity index (χ0n) is 7.81. The Morgan fingerprint density at radius 2 is 1.86 bits per heavy atom. The van der Waals surface area contributed by atoms with Gasteiger partial charge in [-0.05, 0) is 5.56 Å². The highest BCUT2D eigenvalue weighted by molar-refractivity contribution is 7.90. The zero-order chi connectivity index (χ0) is 10.4. The Labute approximate surface area is 84.9 Å². The van der Waals surface area contributed by atoms with E-state index in [0.29, 0.717) is 0 Å². The molecule has 0 spiro atoms. The van der Waals surface area contributed by atoms with Crippen LogP contribution in [-0.4, -0.2) is 14.2 Å². The Hall–Kier alpha value is -1.27. The first-order valence-electron chi connectivity index (χ1n) is 4.32. The van der Waals surface area contributed by atoms with Gasteiger partial charge in [0, 0.05) is 6.42 Å². The van der Waals surface area contributed by atoms with Crippen molar-refractivity contribution in [1.29, 1.82) is 0 Å². The molecule has 0 atom stereocenters. The standard InChI is InChI=1S/C11H12O2S/c1-2-3-9-14(12,13)10-11-7-5-4-6-8-11/h1,4-8H,3,9-10H2. The maximum absolute atomic E-state index is 11.5. The largest absolute Gasteiger partial charge is 0.228 e. The van der Waals surface area contributed by atoms with Crippen LogP contribution in [0, 0.1) is 12.3 Å². The molecular weight excluding hydrogens is 196 g/mol. The molecule has 0 aliphatic heterocycles. The molecule has 0 saturated heterocycles. The molecule has 2 nitrogen and oxygen atoms in total. The van der Waals surface area contributed by atoms with Gasteiger partial charge in [0.1, 0.15) is 0 Å². The number of terminal acetylenes is 1. The average molecular weight is 208 g/mol. The second-order valence-electron chi connectivity index (χ2n) is 3.03. The van der Waals surface area contributed by atoms with Gasteiger partial charge < -0.3 is 0 Å². The first-order chi connectivity index (χ1) is 6.64. The van der Waals surface area contributed by atoms with Gasteiger partial charge in [0.05, 0.1) is 11.5 Å². The minimum atomic E-state index is -3.04. The summed E-state index contributed by atoms with van der Waals surface area (Å²) in [6.07, 6.45) is 5.30. The highest BCUT2D eigenvalue weighted by Crippen LogP contribution is 2.06. The number of rotatable bonds is 4. The van der Waals surface area contributed by atoms with Crippen molar-refractivity contribution in [3.63, 3.8) is 0 Å². The molecule has 0 amide bonds. The van der Waals surface area contributed by atoms with Crippen LogP contribution >= 0.6 is 0 Å². The van der Waals surface area contributed by atoms with Crippen molar-refractivity contribution in [2.45, 2.75) is 12.2 Å². The summed E-state index contributed by atoms with van der Waals surface area (Å²) in [5.41, 5.74) is 0.810. The summed E-state index contributed by atoms with van der Waals surface area (Å²) in [6.45, 7) is 0. The van der Waals surface area contributed by atoms with E-state index in [1.165, 1.54) is 0 Å². The minimum absolute atomic E-state index is 0.0679. The van der Waals surface area contributed by atoms with Crippen LogP contribution in [0.15, 0.2) is 30.3 Å². The number of sulfone groups is 1. The smallest absolute Gasteiger partial charge is 0.155 e. The Morgan fingerprint density at radius 1 is 1.21 bits per heavy atom. The van der Waals surface area contributed by atoms with Crippen LogP contribution in [0.25, 0.3) is 0 Å². The Kier molecular flexibility index (Phi) is 3.73. The second-order valence-corrected chi connectivity index (χ2v) is 5.22. The van der Waals surface area contributed by atoms with Gasteiger partial charge in [-0.1, -0.05) is 30.3 Å². The second kappa shape index (κ2) is 4.83. The monoisotopic (exact) mass is 208 g/mol. The molecule has 1 aromatic carbocycles. The third-order valence-corrected chi connectivity index (χ3v) is 3.39. The normalized spacial score (nSPS) is 10.8. The summed E-state index contributed by atoms with van der Waals surface area (Å²) >= 11 is 0. The van der Waals surface area contributed by atoms with Gasteiger partial charge in [0.25, 0.3) is 0 Å². The van der Waals surface area contributed by atoms with Crippen molar-refractivity contribution in [1.82, 2.24) is 0 Å². The van der Waals surface area contributed by atoms with Gasteiger partial charge in [-0.25, -0.2) is 8.42 Å². The molecule has 1 aromatic rings. The fourth-order valence-corrected chi connectivity index (χ4v) is 2.39. The van der Waals surface area contributed by atoms with Crippen LogP contribution in [-0.2, 0) is 15.6 Å². The van der Waals surface area contributed by atoms with E-state index < -0.39 is 9.84 Å². The van der Waals surface area contributed by atoms with Gasteiger partial charge in [0.15, 0.2) is 9.84 Å². The Balaban J connectivity index is 2.66. The molecule has 0 bridgehead atoms. The predicted octanol–water partition coefficient (Wildman–Crippen LogP) is 1.62. The predicted molar refractivity (Wildman–Crippen MR) is 57.4 cm³/mol. The van der Waals surface area contributed by atoms with E-state index in [1.54, 1.807) is 12.1 Å². The lowest BCUT2D eigenvalue weighted by atomic mass is 10.2. The molecule has 0 aromatic heterocycles. The summed E-state index contributed by atoms with van der Waals surface area (Å²) < 4.78 is 22.9. The highest BCUT2D eigenvalue weighted by Gasteiger charge is 2.10. The summed E-state index contributed by atoms with van der Waals surface area (Å²) in [4.78, 5) is 0. The van der Waals surface area contributed by atoms with Gasteiger partial charge in [-0.15, -0.1) is 12.3 Å². The van der Waals surface area contributed by atoms with Crippen LogP contribution in [0.3, 0.4) is 0 Å². The molecular formula is C11H12O2S. The minimum Gasteiger partial charge on any atom is -0.228 e. The lowest BCUT2D eigenvalue weighted by Crippen LogP contribution is -2.08. The van der Waals surface area contributed by atoms with Gasteiger partial charge in [-0.2, -0.15) is 0 Å². The van der Waals surface area contributed by atoms with E-state index >= 15 is 0 Å². The van der Waals surface area contributed by atoms with Gasteiger partial charge in [0.2, 0.25) is 0 Å². The first-order valence-corrected chi connectivity index (χ1v) is 6.14. The van der Waals surface area contributed by atoms with E-state index in [1.807, 2.05) is 18.2 Å². The molecule has 14 heavy (non-hydrogen) atoms. The summed E-state index contributed by atoms with van der Waals surface area (Å²) in [6, 6.07) is 9.11. The van der Waals surface area contributed by atoms with E-state index in [0.717, 1.165) is 5.56 Å². The fourth-order valence-electron chi connectivity index (χ4n) is 1.11. The van der Waals surface area contributed by atoms with Gasteiger partial charge in [-0.3, -0.25) is 0 Å². The molecule has 1 rings (SSSR count).